The second kappa shape index (κ2) is 10.3. The maximum Gasteiger partial charge on any atom is 0.226 e. The number of carbonyl (C=O) groups excluding carboxylic acids is 1. The summed E-state index contributed by atoms with van der Waals surface area (Å²) in [7, 11) is 0. The lowest BCUT2D eigenvalue weighted by Gasteiger charge is -2.12. The van der Waals surface area contributed by atoms with Crippen molar-refractivity contribution in [3.8, 4) is 0 Å². The first-order valence-corrected chi connectivity index (χ1v) is 8.76. The van der Waals surface area contributed by atoms with Crippen LogP contribution in [-0.2, 0) is 11.2 Å². The van der Waals surface area contributed by atoms with Crippen molar-refractivity contribution in [1.29, 1.82) is 0 Å². The van der Waals surface area contributed by atoms with Gasteiger partial charge < -0.3 is 11.1 Å². The molecule has 124 valence electrons. The number of carbonyl (C=O) groups is 1. The van der Waals surface area contributed by atoms with E-state index in [1.165, 1.54) is 5.56 Å². The van der Waals surface area contributed by atoms with E-state index in [-0.39, 0.29) is 30.8 Å². The van der Waals surface area contributed by atoms with Crippen LogP contribution in [-0.4, -0.2) is 17.9 Å². The molecule has 2 rings (SSSR count). The second-order valence-electron chi connectivity index (χ2n) is 5.21. The largest absolute Gasteiger partial charge is 0.326 e. The minimum atomic E-state index is -0.276. The molecule has 2 aromatic carbocycles. The summed E-state index contributed by atoms with van der Waals surface area (Å²) in [6, 6.07) is 17.4. The molecule has 1 amide bonds. The number of nitrogens with two attached hydrogens (primary N) is 1. The van der Waals surface area contributed by atoms with Crippen molar-refractivity contribution in [2.75, 3.05) is 17.3 Å². The Morgan fingerprint density at radius 3 is 2.39 bits per heavy atom. The van der Waals surface area contributed by atoms with Crippen LogP contribution in [0.25, 0.3) is 0 Å². The molecule has 23 heavy (non-hydrogen) atoms. The molecule has 1 unspecified atom stereocenters. The van der Waals surface area contributed by atoms with Crippen molar-refractivity contribution in [2.24, 2.45) is 5.73 Å². The Balaban J connectivity index is 0.00000264. The molecule has 0 saturated heterocycles. The Bertz CT molecular complexity index is 590. The van der Waals surface area contributed by atoms with Gasteiger partial charge >= 0.3 is 0 Å². The smallest absolute Gasteiger partial charge is 0.226 e. The number of anilines is 1. The van der Waals surface area contributed by atoms with Crippen LogP contribution >= 0.6 is 24.2 Å². The van der Waals surface area contributed by atoms with Gasteiger partial charge in [0.1, 0.15) is 0 Å². The molecule has 1 atom stereocenters. The van der Waals surface area contributed by atoms with Crippen LogP contribution in [0.4, 0.5) is 5.69 Å². The molecule has 0 fully saturated rings. The van der Waals surface area contributed by atoms with Crippen LogP contribution in [0.15, 0.2) is 54.6 Å². The average Bonchev–Trinajstić information content (AvgIpc) is 2.55. The second-order valence-corrected chi connectivity index (χ2v) is 6.19. The summed E-state index contributed by atoms with van der Waals surface area (Å²) in [5.74, 6) is 1.05. The van der Waals surface area contributed by atoms with Gasteiger partial charge in [-0.05, 0) is 41.7 Å². The fraction of sp³-hybridized carbons (Fsp3) is 0.278. The normalized spacial score (nSPS) is 11.4. The van der Waals surface area contributed by atoms with E-state index >= 15 is 0 Å². The standard InChI is InChI=1S/C18H22N2OS.ClH/c1-22-12-11-14-7-9-16(10-8-14)20-18(21)13-17(19)15-5-3-2-4-6-15;/h2-10,17H,11-13,19H2,1H3,(H,20,21);1H. The number of benzene rings is 2. The fourth-order valence-corrected chi connectivity index (χ4v) is 2.64. The number of hydrogen-bond acceptors (Lipinski definition) is 3. The first-order chi connectivity index (χ1) is 10.7. The zero-order valence-electron chi connectivity index (χ0n) is 13.2. The Hall–Kier alpha value is -1.49. The summed E-state index contributed by atoms with van der Waals surface area (Å²) in [6.07, 6.45) is 3.43. The molecule has 3 N–H and O–H groups in total. The third kappa shape index (κ3) is 6.65. The maximum atomic E-state index is 12.1. The predicted molar refractivity (Wildman–Crippen MR) is 102 cm³/mol. The van der Waals surface area contributed by atoms with Gasteiger partial charge in [0, 0.05) is 18.2 Å². The lowest BCUT2D eigenvalue weighted by Crippen LogP contribution is -2.20. The van der Waals surface area contributed by atoms with Gasteiger partial charge in [-0.3, -0.25) is 4.79 Å². The van der Waals surface area contributed by atoms with Gasteiger partial charge in [-0.25, -0.2) is 0 Å². The minimum absolute atomic E-state index is 0. The van der Waals surface area contributed by atoms with Crippen LogP contribution in [0, 0.1) is 0 Å². The SMILES string of the molecule is CSCCc1ccc(NC(=O)CC(N)c2ccccc2)cc1.Cl. The van der Waals surface area contributed by atoms with Crippen molar-refractivity contribution in [3.05, 3.63) is 65.7 Å². The highest BCUT2D eigenvalue weighted by molar-refractivity contribution is 7.98. The Morgan fingerprint density at radius 2 is 1.78 bits per heavy atom. The van der Waals surface area contributed by atoms with Gasteiger partial charge in [0.25, 0.3) is 0 Å². The molecular formula is C18H23ClN2OS. The number of aryl methyl sites for hydroxylation is 1. The van der Waals surface area contributed by atoms with E-state index < -0.39 is 0 Å². The molecule has 0 aliphatic rings. The van der Waals surface area contributed by atoms with E-state index in [4.69, 9.17) is 5.73 Å². The fourth-order valence-electron chi connectivity index (χ4n) is 2.20. The number of thioether (sulfide) groups is 1. The first kappa shape index (κ1) is 19.6. The van der Waals surface area contributed by atoms with Crippen molar-refractivity contribution >= 4 is 35.8 Å². The van der Waals surface area contributed by atoms with Gasteiger partial charge in [0.2, 0.25) is 5.91 Å². The number of rotatable bonds is 7. The van der Waals surface area contributed by atoms with Crippen LogP contribution in [0.1, 0.15) is 23.6 Å². The minimum Gasteiger partial charge on any atom is -0.326 e. The molecule has 0 aliphatic heterocycles. The van der Waals surface area contributed by atoms with E-state index in [0.29, 0.717) is 0 Å². The zero-order valence-corrected chi connectivity index (χ0v) is 14.8. The highest BCUT2D eigenvalue weighted by Crippen LogP contribution is 2.16. The zero-order chi connectivity index (χ0) is 15.8. The Kier molecular flexibility index (Phi) is 8.77. The number of amides is 1. The Morgan fingerprint density at radius 1 is 1.13 bits per heavy atom. The lowest BCUT2D eigenvalue weighted by atomic mass is 10.0. The maximum absolute atomic E-state index is 12.1. The van der Waals surface area contributed by atoms with Crippen molar-refractivity contribution in [3.63, 3.8) is 0 Å². The molecule has 2 aromatic rings. The monoisotopic (exact) mass is 350 g/mol. The van der Waals surface area contributed by atoms with Crippen LogP contribution < -0.4 is 11.1 Å². The summed E-state index contributed by atoms with van der Waals surface area (Å²) in [5, 5.41) is 2.90. The summed E-state index contributed by atoms with van der Waals surface area (Å²) < 4.78 is 0. The van der Waals surface area contributed by atoms with E-state index in [1.807, 2.05) is 54.2 Å². The van der Waals surface area contributed by atoms with Crippen LogP contribution in [0.5, 0.6) is 0 Å². The molecule has 0 radical (unpaired) electrons. The average molecular weight is 351 g/mol. The van der Waals surface area contributed by atoms with E-state index in [1.54, 1.807) is 0 Å². The topological polar surface area (TPSA) is 55.1 Å². The quantitative estimate of drug-likeness (QED) is 0.792. The number of nitrogens with one attached hydrogen (secondary N) is 1. The molecular weight excluding hydrogens is 328 g/mol. The molecule has 0 bridgehead atoms. The molecule has 0 aromatic heterocycles. The molecule has 5 heteroatoms. The summed E-state index contributed by atoms with van der Waals surface area (Å²) >= 11 is 1.83. The molecule has 0 spiro atoms. The highest BCUT2D eigenvalue weighted by atomic mass is 35.5. The van der Waals surface area contributed by atoms with Gasteiger partial charge in [0.15, 0.2) is 0 Å². The van der Waals surface area contributed by atoms with Gasteiger partial charge in [0.05, 0.1) is 0 Å². The summed E-state index contributed by atoms with van der Waals surface area (Å²) in [6.45, 7) is 0. The number of halogens is 1. The summed E-state index contributed by atoms with van der Waals surface area (Å²) in [5.41, 5.74) is 9.15. The predicted octanol–water partition coefficient (Wildman–Crippen LogP) is 4.04. The van der Waals surface area contributed by atoms with Crippen LogP contribution in [0.2, 0.25) is 0 Å². The molecule has 0 aliphatic carbocycles. The molecule has 3 nitrogen and oxygen atoms in total. The molecule has 0 saturated carbocycles. The van der Waals surface area contributed by atoms with Crippen molar-refractivity contribution < 1.29 is 4.79 Å². The van der Waals surface area contributed by atoms with Crippen LogP contribution in [0.3, 0.4) is 0 Å². The molecule has 0 heterocycles. The van der Waals surface area contributed by atoms with E-state index in [9.17, 15) is 4.79 Å². The van der Waals surface area contributed by atoms with Crippen molar-refractivity contribution in [1.82, 2.24) is 0 Å². The van der Waals surface area contributed by atoms with E-state index in [0.717, 1.165) is 23.4 Å². The highest BCUT2D eigenvalue weighted by Gasteiger charge is 2.11. The summed E-state index contributed by atoms with van der Waals surface area (Å²) in [4.78, 5) is 12.1. The third-order valence-corrected chi connectivity index (χ3v) is 4.08. The van der Waals surface area contributed by atoms with Gasteiger partial charge in [-0.1, -0.05) is 42.5 Å². The van der Waals surface area contributed by atoms with Crippen molar-refractivity contribution in [2.45, 2.75) is 18.9 Å². The van der Waals surface area contributed by atoms with Gasteiger partial charge in [-0.15, -0.1) is 12.4 Å². The first-order valence-electron chi connectivity index (χ1n) is 7.37. The number of hydrogen-bond donors (Lipinski definition) is 2. The van der Waals surface area contributed by atoms with Gasteiger partial charge in [-0.2, -0.15) is 11.8 Å². The third-order valence-electron chi connectivity index (χ3n) is 3.47. The van der Waals surface area contributed by atoms with E-state index in [2.05, 4.69) is 23.7 Å². The Labute approximate surface area is 148 Å². The lowest BCUT2D eigenvalue weighted by molar-refractivity contribution is -0.116.